The minimum Gasteiger partial charge on any atom is -0.322 e. The van der Waals surface area contributed by atoms with E-state index in [2.05, 4.69) is 4.90 Å². The highest BCUT2D eigenvalue weighted by atomic mass is 19.2. The number of halogens is 2. The van der Waals surface area contributed by atoms with E-state index in [0.29, 0.717) is 11.1 Å². The van der Waals surface area contributed by atoms with Crippen LogP contribution in [0.1, 0.15) is 55.7 Å². The van der Waals surface area contributed by atoms with Crippen LogP contribution in [-0.4, -0.2) is 23.5 Å². The zero-order valence-electron chi connectivity index (χ0n) is 12.7. The molecular formula is C17H24F2N2. The van der Waals surface area contributed by atoms with Crippen LogP contribution >= 0.6 is 0 Å². The Morgan fingerprint density at radius 3 is 2.29 bits per heavy atom. The largest absolute Gasteiger partial charge is 0.322 e. The monoisotopic (exact) mass is 294 g/mol. The molecule has 1 heterocycles. The van der Waals surface area contributed by atoms with Gasteiger partial charge < -0.3 is 5.73 Å². The van der Waals surface area contributed by atoms with Crippen LogP contribution < -0.4 is 5.73 Å². The Morgan fingerprint density at radius 2 is 1.67 bits per heavy atom. The van der Waals surface area contributed by atoms with Gasteiger partial charge in [-0.15, -0.1) is 0 Å². The quantitative estimate of drug-likeness (QED) is 0.921. The van der Waals surface area contributed by atoms with E-state index < -0.39 is 17.7 Å². The maximum atomic E-state index is 14.3. The highest BCUT2D eigenvalue weighted by Gasteiger charge is 2.46. The van der Waals surface area contributed by atoms with Crippen LogP contribution in [0.5, 0.6) is 0 Å². The van der Waals surface area contributed by atoms with E-state index >= 15 is 0 Å². The van der Waals surface area contributed by atoms with Crippen molar-refractivity contribution in [1.29, 1.82) is 0 Å². The first-order chi connectivity index (χ1) is 10.1. The van der Waals surface area contributed by atoms with Crippen LogP contribution in [0.25, 0.3) is 0 Å². The zero-order valence-corrected chi connectivity index (χ0v) is 12.7. The fourth-order valence-electron chi connectivity index (χ4n) is 4.16. The summed E-state index contributed by atoms with van der Waals surface area (Å²) in [5.74, 6) is -1.51. The molecule has 2 aliphatic rings. The predicted octanol–water partition coefficient (Wildman–Crippen LogP) is 3.68. The first-order valence-electron chi connectivity index (χ1n) is 8.01. The molecule has 0 aromatic heterocycles. The summed E-state index contributed by atoms with van der Waals surface area (Å²) in [6, 6.07) is 2.86. The fraction of sp³-hybridized carbons (Fsp3) is 0.647. The second-order valence-electron chi connectivity index (χ2n) is 6.58. The lowest BCUT2D eigenvalue weighted by atomic mass is 9.82. The van der Waals surface area contributed by atoms with Crippen LogP contribution in [0.15, 0.2) is 12.1 Å². The molecule has 1 aliphatic carbocycles. The van der Waals surface area contributed by atoms with Crippen molar-refractivity contribution in [2.24, 2.45) is 5.73 Å². The van der Waals surface area contributed by atoms with Crippen molar-refractivity contribution < 1.29 is 8.78 Å². The molecule has 1 unspecified atom stereocenters. The van der Waals surface area contributed by atoms with E-state index in [1.807, 2.05) is 0 Å². The molecule has 3 rings (SSSR count). The van der Waals surface area contributed by atoms with Gasteiger partial charge >= 0.3 is 0 Å². The molecule has 1 atom stereocenters. The maximum absolute atomic E-state index is 14.3. The summed E-state index contributed by atoms with van der Waals surface area (Å²) >= 11 is 0. The molecular weight excluding hydrogens is 270 g/mol. The molecule has 0 radical (unpaired) electrons. The summed E-state index contributed by atoms with van der Waals surface area (Å²) < 4.78 is 28.2. The lowest BCUT2D eigenvalue weighted by molar-refractivity contribution is 0.0905. The van der Waals surface area contributed by atoms with Gasteiger partial charge in [-0.1, -0.05) is 25.0 Å². The number of nitrogens with zero attached hydrogens (tertiary/aromatic N) is 1. The Hall–Kier alpha value is -1.00. The predicted molar refractivity (Wildman–Crippen MR) is 80.0 cm³/mol. The fourth-order valence-corrected chi connectivity index (χ4v) is 4.16. The summed E-state index contributed by atoms with van der Waals surface area (Å²) in [6.45, 7) is 3.65. The Balaban J connectivity index is 1.98. The lowest BCUT2D eigenvalue weighted by Crippen LogP contribution is -2.52. The average molecular weight is 294 g/mol. The van der Waals surface area contributed by atoms with E-state index in [-0.39, 0.29) is 5.54 Å². The van der Waals surface area contributed by atoms with Gasteiger partial charge in [0.15, 0.2) is 11.6 Å². The molecule has 116 valence electrons. The summed E-state index contributed by atoms with van der Waals surface area (Å²) in [6.07, 6.45) is 6.59. The molecule has 2 fully saturated rings. The van der Waals surface area contributed by atoms with Crippen LogP contribution in [0.4, 0.5) is 8.78 Å². The average Bonchev–Trinajstić information content (AvgIpc) is 3.15. The maximum Gasteiger partial charge on any atom is 0.163 e. The molecule has 1 aromatic carbocycles. The van der Waals surface area contributed by atoms with E-state index in [1.165, 1.54) is 12.8 Å². The Bertz CT molecular complexity index is 518. The number of aryl methyl sites for hydroxylation is 1. The topological polar surface area (TPSA) is 29.3 Å². The van der Waals surface area contributed by atoms with Gasteiger partial charge in [-0.2, -0.15) is 0 Å². The van der Waals surface area contributed by atoms with Crippen molar-refractivity contribution >= 4 is 0 Å². The van der Waals surface area contributed by atoms with Crippen LogP contribution in [0, 0.1) is 18.6 Å². The number of rotatable bonds is 3. The highest BCUT2D eigenvalue weighted by molar-refractivity contribution is 5.30. The highest BCUT2D eigenvalue weighted by Crippen LogP contribution is 2.45. The van der Waals surface area contributed by atoms with E-state index in [0.717, 1.165) is 38.8 Å². The van der Waals surface area contributed by atoms with Gasteiger partial charge in [-0.05, 0) is 51.3 Å². The zero-order chi connectivity index (χ0) is 15.0. The van der Waals surface area contributed by atoms with Gasteiger partial charge in [-0.25, -0.2) is 8.78 Å². The van der Waals surface area contributed by atoms with Gasteiger partial charge in [-0.3, -0.25) is 4.90 Å². The van der Waals surface area contributed by atoms with Crippen molar-refractivity contribution in [3.8, 4) is 0 Å². The number of hydrogen-bond donors (Lipinski definition) is 1. The standard InChI is InChI=1S/C17H24F2N2/c1-12-6-7-13(15(19)14(12)18)16(20)17(8-2-3-9-17)21-10-4-5-11-21/h6-7,16H,2-5,8-11,20H2,1H3. The van der Waals surface area contributed by atoms with Crippen LogP contribution in [0.3, 0.4) is 0 Å². The Kier molecular flexibility index (Phi) is 4.02. The Labute approximate surface area is 125 Å². The van der Waals surface area contributed by atoms with Gasteiger partial charge in [0.05, 0.1) is 6.04 Å². The molecule has 4 heteroatoms. The van der Waals surface area contributed by atoms with Crippen molar-refractivity contribution in [2.75, 3.05) is 13.1 Å². The van der Waals surface area contributed by atoms with Crippen LogP contribution in [0.2, 0.25) is 0 Å². The number of likely N-dealkylation sites (tertiary alicyclic amines) is 1. The molecule has 0 amide bonds. The third kappa shape index (κ3) is 2.38. The molecule has 21 heavy (non-hydrogen) atoms. The first kappa shape index (κ1) is 14.9. The van der Waals surface area contributed by atoms with E-state index in [1.54, 1.807) is 19.1 Å². The van der Waals surface area contributed by atoms with E-state index in [9.17, 15) is 8.78 Å². The third-order valence-corrected chi connectivity index (χ3v) is 5.42. The molecule has 2 nitrogen and oxygen atoms in total. The van der Waals surface area contributed by atoms with Gasteiger partial charge in [0, 0.05) is 11.1 Å². The number of nitrogens with two attached hydrogens (primary N) is 1. The number of hydrogen-bond acceptors (Lipinski definition) is 2. The SMILES string of the molecule is Cc1ccc(C(N)C2(N3CCCC3)CCCC2)c(F)c1F. The smallest absolute Gasteiger partial charge is 0.163 e. The molecule has 1 aliphatic heterocycles. The summed E-state index contributed by atoms with van der Waals surface area (Å²) in [5, 5.41) is 0. The van der Waals surface area contributed by atoms with Crippen molar-refractivity contribution in [3.05, 3.63) is 34.9 Å². The normalized spacial score (nSPS) is 23.6. The van der Waals surface area contributed by atoms with Crippen molar-refractivity contribution in [3.63, 3.8) is 0 Å². The first-order valence-corrected chi connectivity index (χ1v) is 8.01. The Morgan fingerprint density at radius 1 is 1.05 bits per heavy atom. The number of benzene rings is 1. The summed E-state index contributed by atoms with van der Waals surface area (Å²) in [5.41, 5.74) is 6.98. The van der Waals surface area contributed by atoms with Gasteiger partial charge in [0.25, 0.3) is 0 Å². The minimum absolute atomic E-state index is 0.182. The summed E-state index contributed by atoms with van der Waals surface area (Å²) in [4.78, 5) is 2.43. The van der Waals surface area contributed by atoms with Gasteiger partial charge in [0.1, 0.15) is 0 Å². The van der Waals surface area contributed by atoms with Crippen molar-refractivity contribution in [2.45, 2.75) is 57.0 Å². The third-order valence-electron chi connectivity index (χ3n) is 5.42. The van der Waals surface area contributed by atoms with Crippen molar-refractivity contribution in [1.82, 2.24) is 4.90 Å². The van der Waals surface area contributed by atoms with Crippen LogP contribution in [-0.2, 0) is 0 Å². The molecule has 0 spiro atoms. The molecule has 1 saturated carbocycles. The molecule has 1 aromatic rings. The second kappa shape index (κ2) is 5.65. The molecule has 0 bridgehead atoms. The molecule has 1 saturated heterocycles. The van der Waals surface area contributed by atoms with Gasteiger partial charge in [0.2, 0.25) is 0 Å². The second-order valence-corrected chi connectivity index (χ2v) is 6.58. The summed E-state index contributed by atoms with van der Waals surface area (Å²) in [7, 11) is 0. The van der Waals surface area contributed by atoms with E-state index in [4.69, 9.17) is 5.73 Å². The minimum atomic E-state index is -0.757. The lowest BCUT2D eigenvalue weighted by Gasteiger charge is -2.43. The molecule has 2 N–H and O–H groups in total.